The normalized spacial score (nSPS) is 16.0. The van der Waals surface area contributed by atoms with E-state index < -0.39 is 0 Å². The van der Waals surface area contributed by atoms with Crippen molar-refractivity contribution in [1.82, 2.24) is 19.6 Å². The van der Waals surface area contributed by atoms with E-state index in [1.54, 1.807) is 6.20 Å². The van der Waals surface area contributed by atoms with Gasteiger partial charge < -0.3 is 9.72 Å². The highest BCUT2D eigenvalue weighted by Gasteiger charge is 2.21. The van der Waals surface area contributed by atoms with Gasteiger partial charge in [-0.05, 0) is 42.5 Å². The van der Waals surface area contributed by atoms with E-state index in [1.165, 1.54) is 10.4 Å². The molecule has 1 aliphatic rings. The van der Waals surface area contributed by atoms with E-state index in [9.17, 15) is 4.79 Å². The van der Waals surface area contributed by atoms with Crippen LogP contribution < -0.4 is 5.32 Å². The molecule has 3 aromatic heterocycles. The molecule has 0 aliphatic carbocycles. The number of carbonyl (C=O) groups is 1. The minimum Gasteiger partial charge on any atom is -0.350 e. The fraction of sp³-hybridized carbons (Fsp3) is 0.333. The van der Waals surface area contributed by atoms with Crippen molar-refractivity contribution in [2.45, 2.75) is 25.9 Å². The van der Waals surface area contributed by atoms with Crippen molar-refractivity contribution in [3.05, 3.63) is 58.2 Å². The maximum absolute atomic E-state index is 12.4. The summed E-state index contributed by atoms with van der Waals surface area (Å²) in [5, 5.41) is 5.23. The van der Waals surface area contributed by atoms with Gasteiger partial charge in [-0.15, -0.1) is 11.3 Å². The molecule has 124 valence electrons. The van der Waals surface area contributed by atoms with E-state index in [0.29, 0.717) is 18.2 Å². The number of aromatic nitrogens is 2. The summed E-state index contributed by atoms with van der Waals surface area (Å²) in [7, 11) is 0. The van der Waals surface area contributed by atoms with Crippen molar-refractivity contribution in [2.24, 2.45) is 0 Å². The summed E-state index contributed by atoms with van der Waals surface area (Å²) in [6.07, 6.45) is 6.58. The summed E-state index contributed by atoms with van der Waals surface area (Å²) in [4.78, 5) is 20.6. The number of carbonyl (C=O) groups excluding carboxylic acids is 1. The lowest BCUT2D eigenvalue weighted by Crippen LogP contribution is -2.44. The van der Waals surface area contributed by atoms with Gasteiger partial charge in [0.2, 0.25) is 0 Å². The third kappa shape index (κ3) is 2.95. The molecule has 4 heterocycles. The second-order valence-electron chi connectivity index (χ2n) is 6.26. The van der Waals surface area contributed by atoms with Crippen LogP contribution in [0.15, 0.2) is 42.2 Å². The van der Waals surface area contributed by atoms with Crippen LogP contribution in [0.2, 0.25) is 0 Å². The van der Waals surface area contributed by atoms with E-state index in [1.807, 2.05) is 40.3 Å². The first-order valence-electron chi connectivity index (χ1n) is 8.21. The Balaban J connectivity index is 1.36. The fourth-order valence-corrected chi connectivity index (χ4v) is 4.06. The zero-order chi connectivity index (χ0) is 16.5. The summed E-state index contributed by atoms with van der Waals surface area (Å²) in [6.45, 7) is 4.87. The summed E-state index contributed by atoms with van der Waals surface area (Å²) < 4.78 is 1.89. The monoisotopic (exact) mass is 340 g/mol. The van der Waals surface area contributed by atoms with Crippen molar-refractivity contribution in [1.29, 1.82) is 0 Å². The highest BCUT2D eigenvalue weighted by Crippen LogP contribution is 2.24. The molecule has 5 nitrogen and oxygen atoms in total. The molecule has 0 saturated heterocycles. The van der Waals surface area contributed by atoms with E-state index in [0.717, 1.165) is 25.2 Å². The molecule has 0 unspecified atom stereocenters. The topological polar surface area (TPSA) is 49.6 Å². The van der Waals surface area contributed by atoms with Crippen LogP contribution in [0.4, 0.5) is 0 Å². The summed E-state index contributed by atoms with van der Waals surface area (Å²) in [6, 6.07) is 6.18. The molecule has 1 aliphatic heterocycles. The standard InChI is InChI=1S/C18H20N4OS/c1-13(22-7-3-16-15(12-22)4-9-24-16)11-20-18(23)14-2-6-21-8-5-19-17(21)10-14/h2,4-6,8-10,13H,3,7,11-12H2,1H3,(H,20,23)/t13-/m1/s1. The number of rotatable bonds is 4. The molecule has 1 atom stereocenters. The van der Waals surface area contributed by atoms with Gasteiger partial charge in [0, 0.05) is 54.7 Å². The van der Waals surface area contributed by atoms with E-state index in [4.69, 9.17) is 0 Å². The molecular formula is C18H20N4OS. The number of imidazole rings is 1. The maximum Gasteiger partial charge on any atom is 0.251 e. The number of hydrogen-bond acceptors (Lipinski definition) is 4. The SMILES string of the molecule is C[C@H](CNC(=O)c1ccn2ccnc2c1)N1CCc2sccc2C1. The molecule has 24 heavy (non-hydrogen) atoms. The third-order valence-corrected chi connectivity index (χ3v) is 5.70. The number of nitrogens with zero attached hydrogens (tertiary/aromatic N) is 3. The van der Waals surface area contributed by atoms with Gasteiger partial charge in [-0.2, -0.15) is 0 Å². The van der Waals surface area contributed by atoms with Crippen molar-refractivity contribution < 1.29 is 4.79 Å². The van der Waals surface area contributed by atoms with Crippen molar-refractivity contribution in [3.63, 3.8) is 0 Å². The number of fused-ring (bicyclic) bond motifs is 2. The van der Waals surface area contributed by atoms with Gasteiger partial charge in [-0.25, -0.2) is 4.98 Å². The second-order valence-corrected chi connectivity index (χ2v) is 7.26. The molecule has 0 aromatic carbocycles. The van der Waals surface area contributed by atoms with Crippen LogP contribution in [0.25, 0.3) is 5.65 Å². The molecule has 0 saturated carbocycles. The molecule has 0 bridgehead atoms. The Morgan fingerprint density at radius 2 is 2.33 bits per heavy atom. The predicted molar refractivity (Wildman–Crippen MR) is 95.4 cm³/mol. The molecular weight excluding hydrogens is 320 g/mol. The third-order valence-electron chi connectivity index (χ3n) is 4.68. The molecule has 1 amide bonds. The van der Waals surface area contributed by atoms with Crippen LogP contribution in [-0.4, -0.2) is 39.3 Å². The largest absolute Gasteiger partial charge is 0.350 e. The minimum absolute atomic E-state index is 0.0411. The van der Waals surface area contributed by atoms with Gasteiger partial charge in [0.05, 0.1) is 0 Å². The maximum atomic E-state index is 12.4. The summed E-state index contributed by atoms with van der Waals surface area (Å²) >= 11 is 1.85. The Morgan fingerprint density at radius 3 is 3.25 bits per heavy atom. The van der Waals surface area contributed by atoms with E-state index in [-0.39, 0.29) is 5.91 Å². The van der Waals surface area contributed by atoms with Crippen LogP contribution in [0.3, 0.4) is 0 Å². The summed E-state index contributed by atoms with van der Waals surface area (Å²) in [5.41, 5.74) is 2.88. The highest BCUT2D eigenvalue weighted by molar-refractivity contribution is 7.10. The van der Waals surface area contributed by atoms with Gasteiger partial charge in [0.1, 0.15) is 5.65 Å². The van der Waals surface area contributed by atoms with E-state index >= 15 is 0 Å². The predicted octanol–water partition coefficient (Wildman–Crippen LogP) is 2.57. The fourth-order valence-electron chi connectivity index (χ4n) is 3.17. The first-order valence-corrected chi connectivity index (χ1v) is 9.09. The van der Waals surface area contributed by atoms with E-state index in [2.05, 4.69) is 33.6 Å². The first-order chi connectivity index (χ1) is 11.7. The average molecular weight is 340 g/mol. The van der Waals surface area contributed by atoms with Crippen LogP contribution in [0, 0.1) is 0 Å². The van der Waals surface area contributed by atoms with Gasteiger partial charge in [0.25, 0.3) is 5.91 Å². The Hall–Kier alpha value is -2.18. The quantitative estimate of drug-likeness (QED) is 0.794. The number of amides is 1. The Labute approximate surface area is 144 Å². The molecule has 0 fully saturated rings. The molecule has 3 aromatic rings. The second kappa shape index (κ2) is 6.37. The average Bonchev–Trinajstić information content (AvgIpc) is 3.26. The first kappa shape index (κ1) is 15.4. The molecule has 0 spiro atoms. The Morgan fingerprint density at radius 1 is 1.42 bits per heavy atom. The van der Waals surface area contributed by atoms with Gasteiger partial charge >= 0.3 is 0 Å². The molecule has 4 rings (SSSR count). The summed E-state index contributed by atoms with van der Waals surface area (Å²) in [5.74, 6) is -0.0411. The van der Waals surface area contributed by atoms with Gasteiger partial charge in [-0.1, -0.05) is 0 Å². The molecule has 1 N–H and O–H groups in total. The smallest absolute Gasteiger partial charge is 0.251 e. The van der Waals surface area contributed by atoms with Crippen molar-refractivity contribution >= 4 is 22.9 Å². The molecule has 0 radical (unpaired) electrons. The number of thiophene rings is 1. The van der Waals surface area contributed by atoms with Gasteiger partial charge in [0.15, 0.2) is 0 Å². The number of pyridine rings is 1. The van der Waals surface area contributed by atoms with Crippen molar-refractivity contribution in [3.8, 4) is 0 Å². The lowest BCUT2D eigenvalue weighted by molar-refractivity contribution is 0.0932. The Kier molecular flexibility index (Phi) is 4.08. The molecule has 6 heteroatoms. The van der Waals surface area contributed by atoms with Crippen molar-refractivity contribution in [2.75, 3.05) is 13.1 Å². The minimum atomic E-state index is -0.0411. The highest BCUT2D eigenvalue weighted by atomic mass is 32.1. The van der Waals surface area contributed by atoms with Crippen LogP contribution in [0.5, 0.6) is 0 Å². The zero-order valence-electron chi connectivity index (χ0n) is 13.6. The number of hydrogen-bond donors (Lipinski definition) is 1. The van der Waals surface area contributed by atoms with Crippen LogP contribution >= 0.6 is 11.3 Å². The number of nitrogens with one attached hydrogen (secondary N) is 1. The lowest BCUT2D eigenvalue weighted by Gasteiger charge is -2.32. The van der Waals surface area contributed by atoms with Crippen LogP contribution in [-0.2, 0) is 13.0 Å². The van der Waals surface area contributed by atoms with Crippen LogP contribution in [0.1, 0.15) is 27.7 Å². The van der Waals surface area contributed by atoms with Gasteiger partial charge in [-0.3, -0.25) is 9.69 Å². The Bertz CT molecular complexity index is 869. The lowest BCUT2D eigenvalue weighted by atomic mass is 10.1. The zero-order valence-corrected chi connectivity index (χ0v) is 14.4.